The second kappa shape index (κ2) is 6.00. The third kappa shape index (κ3) is 4.30. The number of alkyl halides is 3. The normalized spacial score (nSPS) is 12.7. The van der Waals surface area contributed by atoms with Gasteiger partial charge in [-0.3, -0.25) is 4.79 Å². The van der Waals surface area contributed by atoms with Crippen molar-refractivity contribution in [2.75, 3.05) is 5.32 Å². The van der Waals surface area contributed by atoms with Gasteiger partial charge in [-0.2, -0.15) is 13.2 Å². The van der Waals surface area contributed by atoms with E-state index >= 15 is 0 Å². The Morgan fingerprint density at radius 1 is 1.35 bits per heavy atom. The Bertz CT molecular complexity index is 534. The summed E-state index contributed by atoms with van der Waals surface area (Å²) in [6.45, 7) is 1.18. The average Bonchev–Trinajstić information content (AvgIpc) is 2.29. The number of carbonyl (C=O) groups excluding carboxylic acids is 1. The largest absolute Gasteiger partial charge is 0.480 e. The number of carbonyl (C=O) groups is 2. The second-order valence-electron chi connectivity index (χ2n) is 3.85. The third-order valence-electron chi connectivity index (χ3n) is 2.25. The zero-order chi connectivity index (χ0) is 15.5. The van der Waals surface area contributed by atoms with E-state index in [0.29, 0.717) is 6.07 Å². The van der Waals surface area contributed by atoms with Crippen LogP contribution >= 0.6 is 11.6 Å². The molecule has 0 unspecified atom stereocenters. The number of rotatable bonds is 3. The number of carboxylic acids is 1. The molecule has 0 aliphatic heterocycles. The van der Waals surface area contributed by atoms with Crippen molar-refractivity contribution in [1.29, 1.82) is 0 Å². The molecule has 1 rings (SSSR count). The Balaban J connectivity index is 2.93. The highest BCUT2D eigenvalue weighted by Gasteiger charge is 2.34. The van der Waals surface area contributed by atoms with Crippen molar-refractivity contribution in [2.45, 2.75) is 19.1 Å². The number of amides is 2. The van der Waals surface area contributed by atoms with Gasteiger partial charge in [0.15, 0.2) is 0 Å². The molecule has 9 heteroatoms. The summed E-state index contributed by atoms with van der Waals surface area (Å²) < 4.78 is 38.2. The Kier molecular flexibility index (Phi) is 4.83. The minimum atomic E-state index is -4.70. The summed E-state index contributed by atoms with van der Waals surface area (Å²) >= 11 is 5.48. The third-order valence-corrected chi connectivity index (χ3v) is 2.49. The smallest absolute Gasteiger partial charge is 0.418 e. The summed E-state index contributed by atoms with van der Waals surface area (Å²) in [6, 6.07) is 0.519. The summed E-state index contributed by atoms with van der Waals surface area (Å²) in [5, 5.41) is 12.3. The lowest BCUT2D eigenvalue weighted by molar-refractivity contribution is -0.139. The van der Waals surface area contributed by atoms with E-state index < -0.39 is 35.5 Å². The highest BCUT2D eigenvalue weighted by atomic mass is 35.5. The highest BCUT2D eigenvalue weighted by Crippen LogP contribution is 2.36. The summed E-state index contributed by atoms with van der Waals surface area (Å²) in [5.41, 5.74) is -1.64. The molecule has 0 saturated heterocycles. The first-order valence-corrected chi connectivity index (χ1v) is 5.66. The van der Waals surface area contributed by atoms with Crippen molar-refractivity contribution in [3.05, 3.63) is 28.8 Å². The van der Waals surface area contributed by atoms with E-state index in [0.717, 1.165) is 6.07 Å². The van der Waals surface area contributed by atoms with Crippen LogP contribution in [-0.4, -0.2) is 23.1 Å². The van der Waals surface area contributed by atoms with Crippen molar-refractivity contribution in [2.24, 2.45) is 0 Å². The quantitative estimate of drug-likeness (QED) is 0.803. The van der Waals surface area contributed by atoms with Gasteiger partial charge in [-0.25, -0.2) is 4.79 Å². The van der Waals surface area contributed by atoms with Gasteiger partial charge in [-0.1, -0.05) is 11.6 Å². The van der Waals surface area contributed by atoms with Crippen LogP contribution in [0.4, 0.5) is 23.7 Å². The Labute approximate surface area is 116 Å². The van der Waals surface area contributed by atoms with Gasteiger partial charge in [-0.05, 0) is 25.1 Å². The number of hydrogen-bond acceptors (Lipinski definition) is 2. The van der Waals surface area contributed by atoms with Crippen LogP contribution in [0.15, 0.2) is 18.2 Å². The van der Waals surface area contributed by atoms with E-state index in [1.54, 1.807) is 0 Å². The molecule has 2 amide bonds. The molecule has 0 spiro atoms. The topological polar surface area (TPSA) is 78.4 Å². The van der Waals surface area contributed by atoms with Crippen LogP contribution < -0.4 is 10.6 Å². The van der Waals surface area contributed by atoms with Gasteiger partial charge in [0.05, 0.1) is 11.3 Å². The first-order chi connectivity index (χ1) is 9.11. The van der Waals surface area contributed by atoms with Crippen LogP contribution in [0.25, 0.3) is 0 Å². The minimum absolute atomic E-state index is 0.137. The summed E-state index contributed by atoms with van der Waals surface area (Å²) in [4.78, 5) is 21.9. The monoisotopic (exact) mass is 310 g/mol. The minimum Gasteiger partial charge on any atom is -0.480 e. The number of nitrogens with one attached hydrogen (secondary N) is 2. The van der Waals surface area contributed by atoms with E-state index in [4.69, 9.17) is 16.7 Å². The van der Waals surface area contributed by atoms with E-state index in [2.05, 4.69) is 0 Å². The fourth-order valence-corrected chi connectivity index (χ4v) is 1.45. The molecule has 1 aromatic rings. The van der Waals surface area contributed by atoms with Gasteiger partial charge in [-0.15, -0.1) is 0 Å². The zero-order valence-corrected chi connectivity index (χ0v) is 10.8. The van der Waals surface area contributed by atoms with Gasteiger partial charge in [0.1, 0.15) is 6.04 Å². The average molecular weight is 311 g/mol. The SMILES string of the molecule is C[C@@H](NC(=O)Nc1ccc(Cl)cc1C(F)(F)F)C(=O)O. The lowest BCUT2D eigenvalue weighted by atomic mass is 10.1. The lowest BCUT2D eigenvalue weighted by Gasteiger charge is -2.15. The van der Waals surface area contributed by atoms with Crippen molar-refractivity contribution in [1.82, 2.24) is 5.32 Å². The molecule has 110 valence electrons. The van der Waals surface area contributed by atoms with Gasteiger partial charge in [0.25, 0.3) is 0 Å². The fraction of sp³-hybridized carbons (Fsp3) is 0.273. The first-order valence-electron chi connectivity index (χ1n) is 5.28. The molecule has 0 aromatic heterocycles. The Morgan fingerprint density at radius 2 is 1.95 bits per heavy atom. The molecule has 1 aromatic carbocycles. The summed E-state index contributed by atoms with van der Waals surface area (Å²) in [6.07, 6.45) is -4.70. The van der Waals surface area contributed by atoms with Crippen LogP contribution in [0.5, 0.6) is 0 Å². The van der Waals surface area contributed by atoms with Crippen molar-refractivity contribution >= 4 is 29.3 Å². The molecular weight excluding hydrogens is 301 g/mol. The highest BCUT2D eigenvalue weighted by molar-refractivity contribution is 6.30. The molecule has 0 saturated carbocycles. The number of urea groups is 1. The number of halogens is 4. The van der Waals surface area contributed by atoms with Crippen LogP contribution in [-0.2, 0) is 11.0 Å². The van der Waals surface area contributed by atoms with Gasteiger partial charge < -0.3 is 15.7 Å². The molecule has 3 N–H and O–H groups in total. The predicted octanol–water partition coefficient (Wildman–Crippen LogP) is 2.95. The number of hydrogen-bond donors (Lipinski definition) is 3. The summed E-state index contributed by atoms with van der Waals surface area (Å²) in [7, 11) is 0. The first kappa shape index (κ1) is 16.1. The Hall–Kier alpha value is -1.96. The van der Waals surface area contributed by atoms with E-state index in [1.807, 2.05) is 10.6 Å². The lowest BCUT2D eigenvalue weighted by Crippen LogP contribution is -2.41. The van der Waals surface area contributed by atoms with E-state index in [1.165, 1.54) is 13.0 Å². The molecule has 1 atom stereocenters. The van der Waals surface area contributed by atoms with Crippen LogP contribution in [0.2, 0.25) is 5.02 Å². The maximum atomic E-state index is 12.7. The predicted molar refractivity (Wildman–Crippen MR) is 65.7 cm³/mol. The van der Waals surface area contributed by atoms with Crippen LogP contribution in [0, 0.1) is 0 Å². The molecular formula is C11H10ClF3N2O3. The maximum absolute atomic E-state index is 12.7. The molecule has 20 heavy (non-hydrogen) atoms. The number of anilines is 1. The van der Waals surface area contributed by atoms with Gasteiger partial charge in [0, 0.05) is 5.02 Å². The van der Waals surface area contributed by atoms with Crippen molar-refractivity contribution in [3.8, 4) is 0 Å². The second-order valence-corrected chi connectivity index (χ2v) is 4.28. The fourth-order valence-electron chi connectivity index (χ4n) is 1.28. The number of carboxylic acid groups (broad SMARTS) is 1. The standard InChI is InChI=1S/C11H10ClF3N2O3/c1-5(9(18)19)16-10(20)17-8-3-2-6(12)4-7(8)11(13,14)15/h2-5H,1H3,(H,18,19)(H2,16,17,20)/t5-/m1/s1. The maximum Gasteiger partial charge on any atom is 0.418 e. The van der Waals surface area contributed by atoms with E-state index in [9.17, 15) is 22.8 Å². The number of aliphatic carboxylic acids is 1. The Morgan fingerprint density at radius 3 is 2.45 bits per heavy atom. The molecule has 0 aliphatic carbocycles. The molecule has 0 heterocycles. The molecule has 5 nitrogen and oxygen atoms in total. The van der Waals surface area contributed by atoms with Gasteiger partial charge in [0.2, 0.25) is 0 Å². The zero-order valence-electron chi connectivity index (χ0n) is 10.1. The summed E-state index contributed by atoms with van der Waals surface area (Å²) in [5.74, 6) is -1.31. The number of benzene rings is 1. The van der Waals surface area contributed by atoms with Crippen LogP contribution in [0.1, 0.15) is 12.5 Å². The van der Waals surface area contributed by atoms with Crippen molar-refractivity contribution in [3.63, 3.8) is 0 Å². The molecule has 0 fully saturated rings. The van der Waals surface area contributed by atoms with Crippen LogP contribution in [0.3, 0.4) is 0 Å². The van der Waals surface area contributed by atoms with Crippen molar-refractivity contribution < 1.29 is 27.9 Å². The molecule has 0 radical (unpaired) electrons. The molecule has 0 bridgehead atoms. The van der Waals surface area contributed by atoms with E-state index in [-0.39, 0.29) is 5.02 Å². The molecule has 0 aliphatic rings. The van der Waals surface area contributed by atoms with Gasteiger partial charge >= 0.3 is 18.2 Å².